The van der Waals surface area contributed by atoms with E-state index in [0.29, 0.717) is 34.7 Å². The molecule has 1 unspecified atom stereocenters. The van der Waals surface area contributed by atoms with Crippen LogP contribution in [-0.2, 0) is 6.54 Å². The van der Waals surface area contributed by atoms with Gasteiger partial charge in [0.1, 0.15) is 17.9 Å². The number of halogens is 2. The van der Waals surface area contributed by atoms with Gasteiger partial charge in [-0.1, -0.05) is 0 Å². The number of aromatic nitrogens is 6. The Balaban J connectivity index is 1.25. The zero-order valence-electron chi connectivity index (χ0n) is 16.4. The molecule has 1 aliphatic carbocycles. The summed E-state index contributed by atoms with van der Waals surface area (Å²) in [6.07, 6.45) is 5.93. The van der Waals surface area contributed by atoms with E-state index in [1.807, 2.05) is 0 Å². The van der Waals surface area contributed by atoms with Crippen molar-refractivity contribution in [2.45, 2.75) is 31.9 Å². The number of methoxy groups -OCH3 is 1. The molecule has 0 spiro atoms. The maximum absolute atomic E-state index is 12.7. The van der Waals surface area contributed by atoms with E-state index in [1.165, 1.54) is 10.9 Å². The molecule has 2 aliphatic rings. The predicted octanol–water partition coefficient (Wildman–Crippen LogP) is 2.22. The van der Waals surface area contributed by atoms with Crippen LogP contribution in [0.1, 0.15) is 12.8 Å². The van der Waals surface area contributed by atoms with Crippen LogP contribution >= 0.6 is 0 Å². The van der Waals surface area contributed by atoms with Crippen LogP contribution in [0.15, 0.2) is 24.8 Å². The lowest BCUT2D eigenvalue weighted by Gasteiger charge is -2.21. The van der Waals surface area contributed by atoms with Crippen molar-refractivity contribution in [3.05, 3.63) is 24.8 Å². The fourth-order valence-corrected chi connectivity index (χ4v) is 4.66. The number of alkyl halides is 2. The molecule has 3 aromatic rings. The van der Waals surface area contributed by atoms with E-state index in [1.54, 1.807) is 25.7 Å². The van der Waals surface area contributed by atoms with Crippen LogP contribution in [0.2, 0.25) is 0 Å². The third kappa shape index (κ3) is 3.48. The van der Waals surface area contributed by atoms with Gasteiger partial charge in [0, 0.05) is 31.5 Å². The second kappa shape index (κ2) is 7.62. The van der Waals surface area contributed by atoms with Crippen LogP contribution in [0.4, 0.5) is 20.4 Å². The first-order valence-corrected chi connectivity index (χ1v) is 9.94. The second-order valence-corrected chi connectivity index (χ2v) is 7.81. The smallest absolute Gasteiger partial charge is 0.258 e. The average molecular weight is 416 g/mol. The van der Waals surface area contributed by atoms with Crippen LogP contribution in [0.3, 0.4) is 0 Å². The molecule has 1 aliphatic heterocycles. The van der Waals surface area contributed by atoms with Crippen molar-refractivity contribution in [2.24, 2.45) is 11.8 Å². The van der Waals surface area contributed by atoms with Crippen molar-refractivity contribution in [3.8, 4) is 5.88 Å². The number of anilines is 2. The van der Waals surface area contributed by atoms with Crippen LogP contribution in [0.25, 0.3) is 11.2 Å². The molecule has 3 atom stereocenters. The lowest BCUT2D eigenvalue weighted by Crippen LogP contribution is -2.26. The van der Waals surface area contributed by atoms with Crippen molar-refractivity contribution in [1.29, 1.82) is 0 Å². The Morgan fingerprint density at radius 2 is 1.90 bits per heavy atom. The lowest BCUT2D eigenvalue weighted by molar-refractivity contribution is 0.123. The Morgan fingerprint density at radius 1 is 1.13 bits per heavy atom. The predicted molar refractivity (Wildman–Crippen MR) is 106 cm³/mol. The highest BCUT2D eigenvalue weighted by Crippen LogP contribution is 2.41. The molecule has 0 aromatic carbocycles. The highest BCUT2D eigenvalue weighted by molar-refractivity contribution is 5.71. The molecule has 30 heavy (non-hydrogen) atoms. The van der Waals surface area contributed by atoms with Gasteiger partial charge in [-0.15, -0.1) is 0 Å². The fourth-order valence-electron chi connectivity index (χ4n) is 4.66. The van der Waals surface area contributed by atoms with Gasteiger partial charge in [0.2, 0.25) is 0 Å². The van der Waals surface area contributed by atoms with E-state index in [-0.39, 0.29) is 6.04 Å². The Kier molecular flexibility index (Phi) is 4.80. The van der Waals surface area contributed by atoms with Crippen LogP contribution in [0, 0.1) is 11.8 Å². The zero-order chi connectivity index (χ0) is 20.7. The van der Waals surface area contributed by atoms with Crippen molar-refractivity contribution in [2.75, 3.05) is 30.4 Å². The molecule has 1 saturated carbocycles. The first-order valence-electron chi connectivity index (χ1n) is 9.94. The van der Waals surface area contributed by atoms with Crippen molar-refractivity contribution < 1.29 is 13.5 Å². The number of nitrogens with zero attached hydrogens (tertiary/aromatic N) is 7. The van der Waals surface area contributed by atoms with Gasteiger partial charge in [0.05, 0.1) is 19.5 Å². The summed E-state index contributed by atoms with van der Waals surface area (Å²) in [5, 5.41) is 7.40. The van der Waals surface area contributed by atoms with E-state index in [4.69, 9.17) is 4.74 Å². The average Bonchev–Trinajstić information content (AvgIpc) is 3.41. The van der Waals surface area contributed by atoms with Crippen LogP contribution < -0.4 is 15.0 Å². The largest absolute Gasteiger partial charge is 0.478 e. The minimum Gasteiger partial charge on any atom is -0.478 e. The summed E-state index contributed by atoms with van der Waals surface area (Å²) in [6, 6.07) is 0.268. The maximum Gasteiger partial charge on any atom is 0.258 e. The number of nitrogens with one attached hydrogen (secondary N) is 1. The Hall–Kier alpha value is -3.11. The summed E-state index contributed by atoms with van der Waals surface area (Å²) in [6.45, 7) is 1.32. The van der Waals surface area contributed by atoms with E-state index in [0.717, 1.165) is 31.7 Å². The van der Waals surface area contributed by atoms with Gasteiger partial charge in [0.25, 0.3) is 12.3 Å². The summed E-state index contributed by atoms with van der Waals surface area (Å²) in [5.41, 5.74) is 0.887. The highest BCUT2D eigenvalue weighted by Gasteiger charge is 2.42. The SMILES string of the molecule is COc1nccnc1N1C[C@H]2CC(Nc3cnc4cnn(CC(F)F)c4n3)C[C@H]2C1. The Morgan fingerprint density at radius 3 is 2.63 bits per heavy atom. The molecule has 1 N–H and O–H groups in total. The first kappa shape index (κ1) is 18.9. The minimum atomic E-state index is -2.49. The fraction of sp³-hybridized carbons (Fsp3) is 0.526. The van der Waals surface area contributed by atoms with E-state index in [9.17, 15) is 8.78 Å². The molecule has 5 rings (SSSR count). The number of hydrogen-bond acceptors (Lipinski definition) is 8. The second-order valence-electron chi connectivity index (χ2n) is 7.81. The van der Waals surface area contributed by atoms with Crippen molar-refractivity contribution in [3.63, 3.8) is 0 Å². The molecule has 0 bridgehead atoms. The molecule has 0 amide bonds. The molecule has 9 nitrogen and oxygen atoms in total. The van der Waals surface area contributed by atoms with Gasteiger partial charge < -0.3 is 15.0 Å². The summed E-state index contributed by atoms with van der Waals surface area (Å²) in [5.74, 6) is 3.01. The van der Waals surface area contributed by atoms with Gasteiger partial charge in [-0.2, -0.15) is 5.10 Å². The first-order chi connectivity index (χ1) is 14.6. The van der Waals surface area contributed by atoms with Gasteiger partial charge in [-0.3, -0.25) is 0 Å². The quantitative estimate of drug-likeness (QED) is 0.654. The van der Waals surface area contributed by atoms with Gasteiger partial charge in [-0.25, -0.2) is 33.4 Å². The van der Waals surface area contributed by atoms with E-state index < -0.39 is 13.0 Å². The molecule has 11 heteroatoms. The Bertz CT molecular complexity index is 1030. The topological polar surface area (TPSA) is 93.9 Å². The highest BCUT2D eigenvalue weighted by atomic mass is 19.3. The third-order valence-electron chi connectivity index (χ3n) is 5.90. The molecule has 2 fully saturated rings. The molecular formula is C19H22F2N8O. The molecule has 158 valence electrons. The Labute approximate surface area is 171 Å². The monoisotopic (exact) mass is 416 g/mol. The summed E-state index contributed by atoms with van der Waals surface area (Å²) >= 11 is 0. The molecular weight excluding hydrogens is 394 g/mol. The van der Waals surface area contributed by atoms with Gasteiger partial charge in [0.15, 0.2) is 11.5 Å². The van der Waals surface area contributed by atoms with Crippen LogP contribution in [-0.4, -0.2) is 62.4 Å². The normalized spacial score (nSPS) is 23.3. The zero-order valence-corrected chi connectivity index (χ0v) is 16.4. The van der Waals surface area contributed by atoms with Gasteiger partial charge in [-0.05, 0) is 24.7 Å². The van der Waals surface area contributed by atoms with E-state index >= 15 is 0 Å². The van der Waals surface area contributed by atoms with Crippen molar-refractivity contribution in [1.82, 2.24) is 29.7 Å². The van der Waals surface area contributed by atoms with E-state index in [2.05, 4.69) is 35.3 Å². The molecule has 4 heterocycles. The standard InChI is InChI=1S/C19H22F2N8O/c1-30-19-18(22-2-3-23-19)28-8-11-4-13(5-12(11)9-28)26-16-7-24-14-6-25-29(10-15(20)21)17(14)27-16/h2-3,6-7,11-13,15H,4-5,8-10H2,1H3,(H,26,27)/t11-,12+,13?. The lowest BCUT2D eigenvalue weighted by atomic mass is 10.0. The molecule has 0 radical (unpaired) electrons. The van der Waals surface area contributed by atoms with Crippen LogP contribution in [0.5, 0.6) is 5.88 Å². The van der Waals surface area contributed by atoms with Crippen molar-refractivity contribution >= 4 is 22.8 Å². The minimum absolute atomic E-state index is 0.268. The molecule has 3 aromatic heterocycles. The van der Waals surface area contributed by atoms with Gasteiger partial charge >= 0.3 is 0 Å². The number of ether oxygens (including phenoxy) is 1. The maximum atomic E-state index is 12.7. The summed E-state index contributed by atoms with van der Waals surface area (Å²) in [4.78, 5) is 19.7. The number of hydrogen-bond donors (Lipinski definition) is 1. The number of rotatable bonds is 6. The number of fused-ring (bicyclic) bond motifs is 2. The summed E-state index contributed by atoms with van der Waals surface area (Å²) < 4.78 is 32.0. The molecule has 1 saturated heterocycles. The summed E-state index contributed by atoms with van der Waals surface area (Å²) in [7, 11) is 1.61. The third-order valence-corrected chi connectivity index (χ3v) is 5.90.